The summed E-state index contributed by atoms with van der Waals surface area (Å²) in [5, 5.41) is 15.9. The summed E-state index contributed by atoms with van der Waals surface area (Å²) in [6.07, 6.45) is 3.58. The Morgan fingerprint density at radius 2 is 2.08 bits per heavy atom. The van der Waals surface area contributed by atoms with Gasteiger partial charge in [-0.25, -0.2) is 4.98 Å². The average Bonchev–Trinajstić information content (AvgIpc) is 3.25. The Morgan fingerprint density at radius 1 is 1.35 bits per heavy atom. The van der Waals surface area contributed by atoms with Crippen LogP contribution in [-0.2, 0) is 6.54 Å². The van der Waals surface area contributed by atoms with Crippen molar-refractivity contribution in [3.8, 4) is 0 Å². The van der Waals surface area contributed by atoms with Crippen molar-refractivity contribution in [1.29, 1.82) is 0 Å². The topological polar surface area (TPSA) is 90.1 Å². The van der Waals surface area contributed by atoms with Gasteiger partial charge in [0.05, 0.1) is 4.92 Å². The molecule has 0 radical (unpaired) electrons. The van der Waals surface area contributed by atoms with Crippen LogP contribution in [0.1, 0.15) is 41.4 Å². The van der Waals surface area contributed by atoms with Gasteiger partial charge < -0.3 is 4.57 Å². The average molecular weight is 370 g/mol. The lowest BCUT2D eigenvalue weighted by Gasteiger charge is -2.09. The van der Waals surface area contributed by atoms with E-state index in [4.69, 9.17) is 0 Å². The highest BCUT2D eigenvalue weighted by Crippen LogP contribution is 2.22. The predicted octanol–water partition coefficient (Wildman–Crippen LogP) is 4.28. The third-order valence-corrected chi connectivity index (χ3v) is 4.66. The molecule has 26 heavy (non-hydrogen) atoms. The molecule has 1 aromatic carbocycles. The molecular weight excluding hydrogens is 352 g/mol. The Morgan fingerprint density at radius 3 is 2.65 bits per heavy atom. The third-order valence-electron chi connectivity index (χ3n) is 3.97. The van der Waals surface area contributed by atoms with E-state index in [1.165, 1.54) is 23.5 Å². The standard InChI is InChI=1S/C18H18N4O3S/c1-12(2)14-9-16(17(23)20-18-19-7-8-26-18)21(11-14)10-13-3-5-15(6-4-13)22(24)25/h3-9,11-12H,10H2,1-2H3,(H,19,20,23). The molecule has 0 unspecified atom stereocenters. The molecule has 2 aromatic heterocycles. The van der Waals surface area contributed by atoms with E-state index in [0.717, 1.165) is 11.1 Å². The van der Waals surface area contributed by atoms with E-state index in [1.54, 1.807) is 23.7 Å². The number of amides is 1. The number of non-ortho nitro benzene ring substituents is 1. The number of aromatic nitrogens is 2. The molecular formula is C18H18N4O3S. The van der Waals surface area contributed by atoms with Crippen LogP contribution in [0.5, 0.6) is 0 Å². The normalized spacial score (nSPS) is 10.9. The Kier molecular flexibility index (Phi) is 5.13. The molecule has 0 aliphatic carbocycles. The summed E-state index contributed by atoms with van der Waals surface area (Å²) >= 11 is 1.36. The van der Waals surface area contributed by atoms with Crippen LogP contribution in [0.15, 0.2) is 48.1 Å². The van der Waals surface area contributed by atoms with Gasteiger partial charge in [-0.15, -0.1) is 11.3 Å². The van der Waals surface area contributed by atoms with Crippen molar-refractivity contribution in [2.75, 3.05) is 5.32 Å². The molecule has 1 N–H and O–H groups in total. The van der Waals surface area contributed by atoms with Crippen LogP contribution in [0.4, 0.5) is 10.8 Å². The SMILES string of the molecule is CC(C)c1cc(C(=O)Nc2nccs2)n(Cc2ccc([N+](=O)[O-])cc2)c1. The number of nitro benzene ring substituents is 1. The van der Waals surface area contributed by atoms with Gasteiger partial charge in [0, 0.05) is 36.5 Å². The summed E-state index contributed by atoms with van der Waals surface area (Å²) in [7, 11) is 0. The lowest BCUT2D eigenvalue weighted by molar-refractivity contribution is -0.384. The molecule has 7 nitrogen and oxygen atoms in total. The lowest BCUT2D eigenvalue weighted by atomic mass is 10.1. The maximum atomic E-state index is 12.6. The fourth-order valence-electron chi connectivity index (χ4n) is 2.54. The van der Waals surface area contributed by atoms with Gasteiger partial charge in [-0.2, -0.15) is 0 Å². The summed E-state index contributed by atoms with van der Waals surface area (Å²) in [6, 6.07) is 8.22. The number of carbonyl (C=O) groups is 1. The summed E-state index contributed by atoms with van der Waals surface area (Å²) < 4.78 is 1.86. The summed E-state index contributed by atoms with van der Waals surface area (Å²) in [4.78, 5) is 27.1. The van der Waals surface area contributed by atoms with E-state index in [-0.39, 0.29) is 17.5 Å². The van der Waals surface area contributed by atoms with E-state index in [2.05, 4.69) is 24.1 Å². The monoisotopic (exact) mass is 370 g/mol. The van der Waals surface area contributed by atoms with Crippen molar-refractivity contribution in [1.82, 2.24) is 9.55 Å². The summed E-state index contributed by atoms with van der Waals surface area (Å²) in [5.41, 5.74) is 2.51. The van der Waals surface area contributed by atoms with Gasteiger partial charge in [-0.05, 0) is 23.1 Å². The molecule has 8 heteroatoms. The Labute approximate surface area is 154 Å². The second kappa shape index (κ2) is 7.49. The van der Waals surface area contributed by atoms with Crippen molar-refractivity contribution in [2.24, 2.45) is 0 Å². The predicted molar refractivity (Wildman–Crippen MR) is 101 cm³/mol. The first-order valence-corrected chi connectivity index (χ1v) is 8.96. The first-order valence-electron chi connectivity index (χ1n) is 8.08. The molecule has 1 amide bonds. The fourth-order valence-corrected chi connectivity index (χ4v) is 3.06. The van der Waals surface area contributed by atoms with Gasteiger partial charge in [0.2, 0.25) is 0 Å². The number of hydrogen-bond acceptors (Lipinski definition) is 5. The van der Waals surface area contributed by atoms with Gasteiger partial charge in [0.15, 0.2) is 5.13 Å². The molecule has 0 aliphatic heterocycles. The van der Waals surface area contributed by atoms with Crippen LogP contribution in [0.2, 0.25) is 0 Å². The molecule has 0 aliphatic rings. The van der Waals surface area contributed by atoms with Crippen molar-refractivity contribution in [2.45, 2.75) is 26.3 Å². The van der Waals surface area contributed by atoms with Crippen LogP contribution >= 0.6 is 11.3 Å². The summed E-state index contributed by atoms with van der Waals surface area (Å²) in [6.45, 7) is 4.58. The van der Waals surface area contributed by atoms with Crippen molar-refractivity contribution < 1.29 is 9.72 Å². The van der Waals surface area contributed by atoms with Gasteiger partial charge in [0.1, 0.15) is 5.69 Å². The molecule has 3 rings (SSSR count). The molecule has 0 bridgehead atoms. The van der Waals surface area contributed by atoms with E-state index in [9.17, 15) is 14.9 Å². The Balaban J connectivity index is 1.87. The number of nitrogens with zero attached hydrogens (tertiary/aromatic N) is 3. The molecule has 0 saturated heterocycles. The number of hydrogen-bond donors (Lipinski definition) is 1. The highest BCUT2D eigenvalue weighted by molar-refractivity contribution is 7.13. The fraction of sp³-hybridized carbons (Fsp3) is 0.222. The molecule has 2 heterocycles. The number of carbonyl (C=O) groups excluding carboxylic acids is 1. The molecule has 0 saturated carbocycles. The van der Waals surface area contributed by atoms with E-state index >= 15 is 0 Å². The van der Waals surface area contributed by atoms with E-state index in [1.807, 2.05) is 16.8 Å². The number of benzene rings is 1. The van der Waals surface area contributed by atoms with Crippen molar-refractivity contribution in [3.05, 3.63) is 75.0 Å². The molecule has 0 spiro atoms. The van der Waals surface area contributed by atoms with Crippen LogP contribution in [0.25, 0.3) is 0 Å². The minimum Gasteiger partial charge on any atom is -0.339 e. The first kappa shape index (κ1) is 17.8. The molecule has 0 atom stereocenters. The number of thiazole rings is 1. The number of nitrogens with one attached hydrogen (secondary N) is 1. The van der Waals surface area contributed by atoms with Crippen LogP contribution < -0.4 is 5.32 Å². The molecule has 134 valence electrons. The highest BCUT2D eigenvalue weighted by Gasteiger charge is 2.17. The number of rotatable bonds is 6. The minimum atomic E-state index is -0.427. The van der Waals surface area contributed by atoms with Gasteiger partial charge in [-0.1, -0.05) is 26.0 Å². The minimum absolute atomic E-state index is 0.0471. The zero-order valence-electron chi connectivity index (χ0n) is 14.4. The van der Waals surface area contributed by atoms with Crippen LogP contribution in [-0.4, -0.2) is 20.4 Å². The quantitative estimate of drug-likeness (QED) is 0.518. The van der Waals surface area contributed by atoms with Gasteiger partial charge in [0.25, 0.3) is 11.6 Å². The van der Waals surface area contributed by atoms with Crippen LogP contribution in [0.3, 0.4) is 0 Å². The van der Waals surface area contributed by atoms with E-state index < -0.39 is 4.92 Å². The van der Waals surface area contributed by atoms with E-state index in [0.29, 0.717) is 17.4 Å². The largest absolute Gasteiger partial charge is 0.339 e. The zero-order chi connectivity index (χ0) is 18.7. The molecule has 0 fully saturated rings. The van der Waals surface area contributed by atoms with Crippen molar-refractivity contribution in [3.63, 3.8) is 0 Å². The number of anilines is 1. The summed E-state index contributed by atoms with van der Waals surface area (Å²) in [5.74, 6) is 0.0493. The van der Waals surface area contributed by atoms with Gasteiger partial charge >= 0.3 is 0 Å². The molecule has 3 aromatic rings. The van der Waals surface area contributed by atoms with Gasteiger partial charge in [-0.3, -0.25) is 20.2 Å². The second-order valence-electron chi connectivity index (χ2n) is 6.16. The lowest BCUT2D eigenvalue weighted by Crippen LogP contribution is -2.17. The Hall–Kier alpha value is -3.00. The third kappa shape index (κ3) is 3.97. The van der Waals surface area contributed by atoms with Crippen LogP contribution in [0, 0.1) is 10.1 Å². The first-order chi connectivity index (χ1) is 12.4. The highest BCUT2D eigenvalue weighted by atomic mass is 32.1. The number of nitro groups is 1. The zero-order valence-corrected chi connectivity index (χ0v) is 15.2. The smallest absolute Gasteiger partial charge is 0.274 e. The van der Waals surface area contributed by atoms with Crippen molar-refractivity contribution >= 4 is 28.1 Å². The maximum absolute atomic E-state index is 12.6. The maximum Gasteiger partial charge on any atom is 0.274 e. The second-order valence-corrected chi connectivity index (χ2v) is 7.05. The Bertz CT molecular complexity index is 915.